The summed E-state index contributed by atoms with van der Waals surface area (Å²) in [6.07, 6.45) is 1.76. The van der Waals surface area contributed by atoms with Gasteiger partial charge < -0.3 is 4.98 Å². The molecule has 0 bridgehead atoms. The minimum absolute atomic E-state index is 0.0211. The predicted octanol–water partition coefficient (Wildman–Crippen LogP) is 0.857. The van der Waals surface area contributed by atoms with Crippen molar-refractivity contribution in [1.29, 1.82) is 0 Å². The van der Waals surface area contributed by atoms with Crippen molar-refractivity contribution in [2.24, 2.45) is 0 Å². The molecule has 18 heavy (non-hydrogen) atoms. The molecule has 0 aliphatic carbocycles. The lowest BCUT2D eigenvalue weighted by Crippen LogP contribution is -2.24. The van der Waals surface area contributed by atoms with Crippen LogP contribution in [0.1, 0.15) is 28.4 Å². The molecular weight excluding hydrogens is 232 g/mol. The number of ketones is 1. The van der Waals surface area contributed by atoms with Gasteiger partial charge in [0.05, 0.1) is 0 Å². The molecule has 0 aliphatic heterocycles. The first-order valence-electron chi connectivity index (χ1n) is 5.47. The molecule has 1 aromatic carbocycles. The number of hydrogen-bond donors (Lipinski definition) is 2. The Bertz CT molecular complexity index is 698. The van der Waals surface area contributed by atoms with Gasteiger partial charge in [0.2, 0.25) is 0 Å². The van der Waals surface area contributed by atoms with Crippen LogP contribution in [0.4, 0.5) is 0 Å². The molecule has 0 atom stereocenters. The monoisotopic (exact) mass is 244 g/mol. The highest BCUT2D eigenvalue weighted by atomic mass is 16.2. The molecular formula is C13H12N2O3. The van der Waals surface area contributed by atoms with Crippen molar-refractivity contribution in [2.45, 2.75) is 13.3 Å². The van der Waals surface area contributed by atoms with E-state index < -0.39 is 11.2 Å². The van der Waals surface area contributed by atoms with Crippen molar-refractivity contribution >= 4 is 5.78 Å². The van der Waals surface area contributed by atoms with Crippen LogP contribution in [0.3, 0.4) is 0 Å². The van der Waals surface area contributed by atoms with Gasteiger partial charge in [-0.05, 0) is 18.6 Å². The van der Waals surface area contributed by atoms with Crippen molar-refractivity contribution in [3.8, 4) is 0 Å². The number of benzene rings is 1. The highest BCUT2D eigenvalue weighted by molar-refractivity contribution is 5.94. The van der Waals surface area contributed by atoms with Gasteiger partial charge >= 0.3 is 5.69 Å². The maximum Gasteiger partial charge on any atom is 0.325 e. The van der Waals surface area contributed by atoms with Gasteiger partial charge in [-0.2, -0.15) is 0 Å². The summed E-state index contributed by atoms with van der Waals surface area (Å²) in [6.45, 7) is 1.49. The van der Waals surface area contributed by atoms with Gasteiger partial charge in [0.1, 0.15) is 0 Å². The van der Waals surface area contributed by atoms with Crippen LogP contribution in [0.2, 0.25) is 0 Å². The molecule has 0 spiro atoms. The number of hydrogen-bond acceptors (Lipinski definition) is 3. The molecule has 0 saturated heterocycles. The first-order chi connectivity index (χ1) is 8.56. The van der Waals surface area contributed by atoms with Crippen LogP contribution in [0.5, 0.6) is 0 Å². The van der Waals surface area contributed by atoms with Crippen molar-refractivity contribution in [3.05, 3.63) is 68.0 Å². The number of carbonyl (C=O) groups is 1. The van der Waals surface area contributed by atoms with Crippen LogP contribution in [0, 0.1) is 0 Å². The molecule has 0 amide bonds. The molecule has 5 heteroatoms. The maximum absolute atomic E-state index is 11.5. The minimum Gasteiger partial charge on any atom is -0.314 e. The highest BCUT2D eigenvalue weighted by Gasteiger charge is 2.04. The SMILES string of the molecule is CC(=O)c1cccc(Cc2c[nH]c(=O)[nH]c2=O)c1. The summed E-state index contributed by atoms with van der Waals surface area (Å²) in [5.74, 6) is -0.0211. The molecule has 92 valence electrons. The fourth-order valence-corrected chi connectivity index (χ4v) is 1.69. The lowest BCUT2D eigenvalue weighted by molar-refractivity contribution is 0.101. The lowest BCUT2D eigenvalue weighted by atomic mass is 10.0. The van der Waals surface area contributed by atoms with Crippen LogP contribution in [-0.4, -0.2) is 15.8 Å². The van der Waals surface area contributed by atoms with Crippen molar-refractivity contribution in [2.75, 3.05) is 0 Å². The Morgan fingerprint density at radius 3 is 2.72 bits per heavy atom. The number of Topliss-reactive ketones (excluding diaryl/α,β-unsaturated/α-hetero) is 1. The van der Waals surface area contributed by atoms with Gasteiger partial charge in [-0.25, -0.2) is 4.79 Å². The Morgan fingerprint density at radius 1 is 1.28 bits per heavy atom. The van der Waals surface area contributed by atoms with Crippen LogP contribution < -0.4 is 11.2 Å². The second kappa shape index (κ2) is 4.83. The maximum atomic E-state index is 11.5. The first kappa shape index (κ1) is 12.0. The third-order valence-corrected chi connectivity index (χ3v) is 2.62. The molecule has 2 aromatic rings. The summed E-state index contributed by atoms with van der Waals surface area (Å²) in [6, 6.07) is 7.07. The topological polar surface area (TPSA) is 82.8 Å². The average Bonchev–Trinajstić information content (AvgIpc) is 2.33. The van der Waals surface area contributed by atoms with E-state index in [4.69, 9.17) is 0 Å². The zero-order valence-corrected chi connectivity index (χ0v) is 9.82. The van der Waals surface area contributed by atoms with E-state index in [1.807, 2.05) is 6.07 Å². The summed E-state index contributed by atoms with van der Waals surface area (Å²) in [4.78, 5) is 38.2. The lowest BCUT2D eigenvalue weighted by Gasteiger charge is -2.02. The number of nitrogens with one attached hydrogen (secondary N) is 2. The van der Waals surface area contributed by atoms with E-state index in [0.717, 1.165) is 5.56 Å². The van der Waals surface area contributed by atoms with E-state index in [1.165, 1.54) is 13.1 Å². The Hall–Kier alpha value is -2.43. The molecule has 0 fully saturated rings. The molecule has 0 saturated carbocycles. The van der Waals surface area contributed by atoms with Gasteiger partial charge in [0.15, 0.2) is 5.78 Å². The largest absolute Gasteiger partial charge is 0.325 e. The summed E-state index contributed by atoms with van der Waals surface area (Å²) in [5.41, 5.74) is 0.970. The summed E-state index contributed by atoms with van der Waals surface area (Å²) in [7, 11) is 0. The quantitative estimate of drug-likeness (QED) is 0.785. The Labute approximate surface area is 103 Å². The van der Waals surface area contributed by atoms with Gasteiger partial charge in [-0.1, -0.05) is 18.2 Å². The van der Waals surface area contributed by atoms with Crippen LogP contribution in [0.25, 0.3) is 0 Å². The Kier molecular flexibility index (Phi) is 3.23. The zero-order valence-electron chi connectivity index (χ0n) is 9.82. The number of carbonyl (C=O) groups excluding carboxylic acids is 1. The summed E-state index contributed by atoms with van der Waals surface area (Å²) in [5, 5.41) is 0. The number of rotatable bonds is 3. The normalized spacial score (nSPS) is 10.3. The van der Waals surface area contributed by atoms with Gasteiger partial charge in [-0.15, -0.1) is 0 Å². The first-order valence-corrected chi connectivity index (χ1v) is 5.47. The molecule has 5 nitrogen and oxygen atoms in total. The smallest absolute Gasteiger partial charge is 0.314 e. The molecule has 2 N–H and O–H groups in total. The van der Waals surface area contributed by atoms with Gasteiger partial charge in [0.25, 0.3) is 5.56 Å². The molecule has 1 heterocycles. The Balaban J connectivity index is 2.34. The third kappa shape index (κ3) is 2.63. The fraction of sp³-hybridized carbons (Fsp3) is 0.154. The second-order valence-electron chi connectivity index (χ2n) is 4.03. The number of H-pyrrole nitrogens is 2. The van der Waals surface area contributed by atoms with E-state index >= 15 is 0 Å². The minimum atomic E-state index is -0.527. The standard InChI is InChI=1S/C13H12N2O3/c1-8(16)10-4-2-3-9(5-10)6-11-7-14-13(18)15-12(11)17/h2-5,7H,6H2,1H3,(H2,14,15,17,18). The number of aromatic nitrogens is 2. The average molecular weight is 244 g/mol. The van der Waals surface area contributed by atoms with Crippen molar-refractivity contribution in [1.82, 2.24) is 9.97 Å². The van der Waals surface area contributed by atoms with E-state index in [1.54, 1.807) is 18.2 Å². The molecule has 0 radical (unpaired) electrons. The predicted molar refractivity (Wildman–Crippen MR) is 66.9 cm³/mol. The van der Waals surface area contributed by atoms with E-state index in [9.17, 15) is 14.4 Å². The summed E-state index contributed by atoms with van der Waals surface area (Å²) >= 11 is 0. The highest BCUT2D eigenvalue weighted by Crippen LogP contribution is 2.09. The van der Waals surface area contributed by atoms with E-state index in [-0.39, 0.29) is 5.78 Å². The van der Waals surface area contributed by atoms with Crippen LogP contribution >= 0.6 is 0 Å². The third-order valence-electron chi connectivity index (χ3n) is 2.62. The van der Waals surface area contributed by atoms with Crippen LogP contribution in [-0.2, 0) is 6.42 Å². The van der Waals surface area contributed by atoms with Gasteiger partial charge in [0, 0.05) is 23.7 Å². The van der Waals surface area contributed by atoms with Crippen LogP contribution in [0.15, 0.2) is 40.1 Å². The van der Waals surface area contributed by atoms with Crippen molar-refractivity contribution < 1.29 is 4.79 Å². The summed E-state index contributed by atoms with van der Waals surface area (Å²) < 4.78 is 0. The van der Waals surface area contributed by atoms with Gasteiger partial charge in [-0.3, -0.25) is 14.6 Å². The Morgan fingerprint density at radius 2 is 2.06 bits per heavy atom. The second-order valence-corrected chi connectivity index (χ2v) is 4.03. The molecule has 1 aromatic heterocycles. The van der Waals surface area contributed by atoms with E-state index in [2.05, 4.69) is 9.97 Å². The molecule has 2 rings (SSSR count). The van der Waals surface area contributed by atoms with Crippen molar-refractivity contribution in [3.63, 3.8) is 0 Å². The number of aromatic amines is 2. The zero-order chi connectivity index (χ0) is 13.1. The molecule has 0 aliphatic rings. The fourth-order valence-electron chi connectivity index (χ4n) is 1.69. The van der Waals surface area contributed by atoms with E-state index in [0.29, 0.717) is 17.5 Å². The molecule has 0 unspecified atom stereocenters.